The highest BCUT2D eigenvalue weighted by Crippen LogP contribution is 2.16. The van der Waals surface area contributed by atoms with Gasteiger partial charge >= 0.3 is 0 Å². The van der Waals surface area contributed by atoms with Gasteiger partial charge in [-0.15, -0.1) is 12.4 Å². The lowest BCUT2D eigenvalue weighted by Crippen LogP contribution is -2.34. The third-order valence-electron chi connectivity index (χ3n) is 3.38. The summed E-state index contributed by atoms with van der Waals surface area (Å²) in [6.45, 7) is 4.20. The summed E-state index contributed by atoms with van der Waals surface area (Å²) in [4.78, 5) is 10.8. The van der Waals surface area contributed by atoms with Crippen LogP contribution in [0.3, 0.4) is 0 Å². The maximum atomic E-state index is 5.23. The number of hydrogen-bond donors (Lipinski definition) is 1. The molecule has 0 saturated carbocycles. The Hall–Kier alpha value is -0.910. The Bertz CT molecular complexity index is 371. The molecule has 0 unspecified atom stereocenters. The summed E-state index contributed by atoms with van der Waals surface area (Å²) in [5.41, 5.74) is 0.913. The van der Waals surface area contributed by atoms with Gasteiger partial charge in [-0.3, -0.25) is 4.98 Å². The van der Waals surface area contributed by atoms with E-state index < -0.39 is 0 Å². The molecule has 0 atom stereocenters. The van der Waals surface area contributed by atoms with Gasteiger partial charge in [0.15, 0.2) is 0 Å². The molecule has 2 rings (SSSR count). The van der Waals surface area contributed by atoms with Crippen molar-refractivity contribution in [2.75, 3.05) is 33.8 Å². The smallest absolute Gasteiger partial charge is 0.236 e. The molecule has 1 N–H and O–H groups in total. The molecule has 0 aliphatic carbocycles. The number of aromatic nitrogens is 2. The average Bonchev–Trinajstić information content (AvgIpc) is 2.40. The van der Waals surface area contributed by atoms with Gasteiger partial charge in [0.2, 0.25) is 5.88 Å². The van der Waals surface area contributed by atoms with Crippen molar-refractivity contribution in [2.24, 2.45) is 5.92 Å². The van der Waals surface area contributed by atoms with Gasteiger partial charge in [0.25, 0.3) is 0 Å². The first-order valence-corrected chi connectivity index (χ1v) is 6.52. The monoisotopic (exact) mass is 286 g/mol. The molecule has 1 aromatic rings. The number of piperidine rings is 1. The number of nitrogens with zero attached hydrogens (tertiary/aromatic N) is 3. The van der Waals surface area contributed by atoms with Crippen molar-refractivity contribution in [3.8, 4) is 5.88 Å². The second kappa shape index (κ2) is 8.30. The molecule has 2 heterocycles. The minimum Gasteiger partial charge on any atom is -0.480 e. The maximum absolute atomic E-state index is 5.23. The van der Waals surface area contributed by atoms with E-state index in [-0.39, 0.29) is 12.4 Å². The molecule has 0 spiro atoms. The van der Waals surface area contributed by atoms with E-state index in [1.54, 1.807) is 19.5 Å². The van der Waals surface area contributed by atoms with Gasteiger partial charge in [0.05, 0.1) is 7.11 Å². The van der Waals surface area contributed by atoms with Crippen molar-refractivity contribution < 1.29 is 4.74 Å². The quantitative estimate of drug-likeness (QED) is 0.885. The Labute approximate surface area is 121 Å². The van der Waals surface area contributed by atoms with Crippen molar-refractivity contribution in [3.05, 3.63) is 18.1 Å². The first kappa shape index (κ1) is 16.1. The first-order valence-electron chi connectivity index (χ1n) is 6.52. The number of nitrogens with one attached hydrogen (secondary N) is 1. The van der Waals surface area contributed by atoms with Crippen LogP contribution in [0.5, 0.6) is 5.88 Å². The zero-order chi connectivity index (χ0) is 12.8. The summed E-state index contributed by atoms with van der Waals surface area (Å²) in [7, 11) is 3.77. The molecule has 0 bridgehead atoms. The van der Waals surface area contributed by atoms with E-state index in [9.17, 15) is 0 Å². The molecule has 1 aromatic heterocycles. The van der Waals surface area contributed by atoms with Crippen LogP contribution in [0.2, 0.25) is 0 Å². The Kier molecular flexibility index (Phi) is 7.05. The minimum absolute atomic E-state index is 0. The highest BCUT2D eigenvalue weighted by molar-refractivity contribution is 5.85. The standard InChI is InChI=1S/C13H22N4O.ClH/c1-17(9-11-3-5-14-6-4-11)10-12-13(18-2)16-8-7-15-12;/h7-8,11,14H,3-6,9-10H2,1-2H3;1H. The Balaban J connectivity index is 0.00000180. The molecule has 0 radical (unpaired) electrons. The molecule has 19 heavy (non-hydrogen) atoms. The molecule has 0 amide bonds. The highest BCUT2D eigenvalue weighted by atomic mass is 35.5. The van der Waals surface area contributed by atoms with Gasteiger partial charge in [-0.2, -0.15) is 0 Å². The molecule has 0 aromatic carbocycles. The van der Waals surface area contributed by atoms with Gasteiger partial charge in [0.1, 0.15) is 5.69 Å². The maximum Gasteiger partial charge on any atom is 0.236 e. The molecule has 1 aliphatic rings. The third-order valence-corrected chi connectivity index (χ3v) is 3.38. The summed E-state index contributed by atoms with van der Waals surface area (Å²) in [6.07, 6.45) is 5.91. The van der Waals surface area contributed by atoms with Crippen molar-refractivity contribution in [2.45, 2.75) is 19.4 Å². The van der Waals surface area contributed by atoms with Crippen LogP contribution in [0.25, 0.3) is 0 Å². The second-order valence-corrected chi connectivity index (χ2v) is 4.90. The van der Waals surface area contributed by atoms with Crippen LogP contribution in [0.15, 0.2) is 12.4 Å². The second-order valence-electron chi connectivity index (χ2n) is 4.90. The van der Waals surface area contributed by atoms with Crippen molar-refractivity contribution in [3.63, 3.8) is 0 Å². The van der Waals surface area contributed by atoms with Crippen LogP contribution in [-0.4, -0.2) is 48.7 Å². The summed E-state index contributed by atoms with van der Waals surface area (Å²) in [5.74, 6) is 1.42. The fourth-order valence-electron chi connectivity index (χ4n) is 2.46. The molecule has 5 nitrogen and oxygen atoms in total. The zero-order valence-corrected chi connectivity index (χ0v) is 12.4. The van der Waals surface area contributed by atoms with Gasteiger partial charge < -0.3 is 15.0 Å². The van der Waals surface area contributed by atoms with Crippen molar-refractivity contribution in [1.29, 1.82) is 0 Å². The molecule has 108 valence electrons. The van der Waals surface area contributed by atoms with E-state index in [0.29, 0.717) is 5.88 Å². The Morgan fingerprint density at radius 3 is 2.68 bits per heavy atom. The molecule has 6 heteroatoms. The summed E-state index contributed by atoms with van der Waals surface area (Å²) in [5, 5.41) is 3.40. The van der Waals surface area contributed by atoms with Crippen LogP contribution in [-0.2, 0) is 6.54 Å². The zero-order valence-electron chi connectivity index (χ0n) is 11.6. The summed E-state index contributed by atoms with van der Waals surface area (Å²) < 4.78 is 5.23. The minimum atomic E-state index is 0. The molecule has 1 saturated heterocycles. The average molecular weight is 287 g/mol. The predicted octanol–water partition coefficient (Wildman–Crippen LogP) is 1.34. The number of ether oxygens (including phenoxy) is 1. The van der Waals surface area contributed by atoms with Gasteiger partial charge in [-0.05, 0) is 38.9 Å². The normalized spacial score (nSPS) is 16.2. The lowest BCUT2D eigenvalue weighted by molar-refractivity contribution is 0.229. The summed E-state index contributed by atoms with van der Waals surface area (Å²) in [6, 6.07) is 0. The van der Waals surface area contributed by atoms with Gasteiger partial charge in [0, 0.05) is 25.5 Å². The number of hydrogen-bond acceptors (Lipinski definition) is 5. The number of rotatable bonds is 5. The van der Waals surface area contributed by atoms with Crippen LogP contribution in [0, 0.1) is 5.92 Å². The van der Waals surface area contributed by atoms with E-state index in [2.05, 4.69) is 27.2 Å². The first-order chi connectivity index (χ1) is 8.79. The van der Waals surface area contributed by atoms with Crippen LogP contribution in [0.1, 0.15) is 18.5 Å². The fraction of sp³-hybridized carbons (Fsp3) is 0.692. The summed E-state index contributed by atoms with van der Waals surface area (Å²) >= 11 is 0. The van der Waals surface area contributed by atoms with Crippen molar-refractivity contribution >= 4 is 12.4 Å². The third kappa shape index (κ3) is 4.93. The molecule has 1 fully saturated rings. The highest BCUT2D eigenvalue weighted by Gasteiger charge is 2.16. The van der Waals surface area contributed by atoms with Crippen LogP contribution >= 0.6 is 12.4 Å². The molecular weight excluding hydrogens is 264 g/mol. The van der Waals surface area contributed by atoms with Crippen LogP contribution in [0.4, 0.5) is 0 Å². The fourth-order valence-corrected chi connectivity index (χ4v) is 2.46. The number of halogens is 1. The van der Waals surface area contributed by atoms with Gasteiger partial charge in [-0.25, -0.2) is 4.98 Å². The van der Waals surface area contributed by atoms with Gasteiger partial charge in [-0.1, -0.05) is 0 Å². The van der Waals surface area contributed by atoms with E-state index in [1.807, 2.05) is 0 Å². The predicted molar refractivity (Wildman–Crippen MR) is 77.8 cm³/mol. The molecule has 1 aliphatic heterocycles. The van der Waals surface area contributed by atoms with Crippen LogP contribution < -0.4 is 10.1 Å². The van der Waals surface area contributed by atoms with E-state index >= 15 is 0 Å². The van der Waals surface area contributed by atoms with E-state index in [1.165, 1.54) is 12.8 Å². The SMILES string of the molecule is COc1nccnc1CN(C)CC1CCNCC1.Cl. The largest absolute Gasteiger partial charge is 0.480 e. The lowest BCUT2D eigenvalue weighted by Gasteiger charge is -2.27. The topological polar surface area (TPSA) is 50.3 Å². The lowest BCUT2D eigenvalue weighted by atomic mass is 9.98. The number of methoxy groups -OCH3 is 1. The molecular formula is C13H23ClN4O. The Morgan fingerprint density at radius 2 is 2.00 bits per heavy atom. The van der Waals surface area contributed by atoms with E-state index in [4.69, 9.17) is 4.74 Å². The van der Waals surface area contributed by atoms with Crippen molar-refractivity contribution in [1.82, 2.24) is 20.2 Å². The Morgan fingerprint density at radius 1 is 1.32 bits per heavy atom. The van der Waals surface area contributed by atoms with E-state index in [0.717, 1.165) is 37.8 Å².